The van der Waals surface area contributed by atoms with Crippen LogP contribution in [-0.2, 0) is 14.3 Å². The first-order valence-corrected chi connectivity index (χ1v) is 10.4. The number of furan rings is 1. The number of methoxy groups -OCH3 is 1. The minimum Gasteiger partial charge on any atom is -0.465 e. The molecule has 0 bridgehead atoms. The summed E-state index contributed by atoms with van der Waals surface area (Å²) in [5.41, 5.74) is 2.31. The molecule has 1 saturated heterocycles. The van der Waals surface area contributed by atoms with Crippen molar-refractivity contribution >= 4 is 29.3 Å². The van der Waals surface area contributed by atoms with Gasteiger partial charge in [-0.25, -0.2) is 9.18 Å². The molecule has 1 amide bonds. The Morgan fingerprint density at radius 2 is 1.82 bits per heavy atom. The maximum atomic E-state index is 13.1. The molecule has 33 heavy (non-hydrogen) atoms. The first-order valence-electron chi connectivity index (χ1n) is 10.4. The van der Waals surface area contributed by atoms with Crippen molar-refractivity contribution in [2.24, 2.45) is 0 Å². The maximum Gasteiger partial charge on any atom is 0.340 e. The summed E-state index contributed by atoms with van der Waals surface area (Å²) in [5.74, 6) is -0.147. The van der Waals surface area contributed by atoms with E-state index in [-0.39, 0.29) is 11.7 Å². The summed E-state index contributed by atoms with van der Waals surface area (Å²) in [6.45, 7) is 2.50. The molecule has 1 aliphatic heterocycles. The normalized spacial score (nSPS) is 13.8. The summed E-state index contributed by atoms with van der Waals surface area (Å²) in [7, 11) is 1.32. The number of hydrogen-bond donors (Lipinski definition) is 1. The summed E-state index contributed by atoms with van der Waals surface area (Å²) in [4.78, 5) is 26.8. The van der Waals surface area contributed by atoms with Gasteiger partial charge in [0, 0.05) is 30.4 Å². The highest BCUT2D eigenvalue weighted by Gasteiger charge is 2.20. The molecule has 0 spiro atoms. The lowest BCUT2D eigenvalue weighted by atomic mass is 10.1. The van der Waals surface area contributed by atoms with Crippen molar-refractivity contribution in [2.75, 3.05) is 43.6 Å². The molecule has 0 radical (unpaired) electrons. The number of hydrogen-bond acceptors (Lipinski definition) is 6. The van der Waals surface area contributed by atoms with E-state index in [0.29, 0.717) is 49.1 Å². The van der Waals surface area contributed by atoms with Crippen molar-refractivity contribution in [3.05, 3.63) is 77.8 Å². The Morgan fingerprint density at radius 1 is 1.06 bits per heavy atom. The first-order chi connectivity index (χ1) is 16.0. The van der Waals surface area contributed by atoms with Gasteiger partial charge in [0.2, 0.25) is 5.91 Å². The molecule has 2 aromatic carbocycles. The minimum absolute atomic E-state index is 0.324. The van der Waals surface area contributed by atoms with Gasteiger partial charge in [-0.1, -0.05) is 0 Å². The number of esters is 1. The van der Waals surface area contributed by atoms with Crippen molar-refractivity contribution in [2.45, 2.75) is 0 Å². The molecule has 1 N–H and O–H groups in total. The van der Waals surface area contributed by atoms with Gasteiger partial charge in [0.15, 0.2) is 0 Å². The second-order valence-electron chi connectivity index (χ2n) is 7.35. The summed E-state index contributed by atoms with van der Waals surface area (Å²) in [6, 6.07) is 14.5. The van der Waals surface area contributed by atoms with Gasteiger partial charge in [0.05, 0.1) is 31.6 Å². The van der Waals surface area contributed by atoms with Gasteiger partial charge in [-0.05, 0) is 60.7 Å². The first kappa shape index (κ1) is 22.3. The maximum absolute atomic E-state index is 13.1. The van der Waals surface area contributed by atoms with Crippen LogP contribution in [0.4, 0.5) is 15.8 Å². The molecule has 4 rings (SSSR count). The lowest BCUT2D eigenvalue weighted by Crippen LogP contribution is -2.37. The highest BCUT2D eigenvalue weighted by molar-refractivity contribution is 6.03. The molecule has 1 fully saturated rings. The van der Waals surface area contributed by atoms with E-state index in [9.17, 15) is 14.0 Å². The third kappa shape index (κ3) is 5.48. The number of morpholine rings is 1. The standard InChI is InChI=1S/C25H23FN2O5/c1-31-25(30)21-16-19(6-9-22(21)28-12-14-32-15-13-28)27-24(29)11-8-20-7-10-23(33-20)17-2-4-18(26)5-3-17/h2-11,16H,12-15H2,1H3,(H,27,29)/b11-8+. The molecule has 0 aliphatic carbocycles. The van der Waals surface area contributed by atoms with Crippen LogP contribution in [0.3, 0.4) is 0 Å². The van der Waals surface area contributed by atoms with E-state index in [1.165, 1.54) is 31.4 Å². The van der Waals surface area contributed by atoms with Crippen LogP contribution in [0.2, 0.25) is 0 Å². The molecule has 3 aromatic rings. The van der Waals surface area contributed by atoms with E-state index in [1.54, 1.807) is 42.5 Å². The lowest BCUT2D eigenvalue weighted by Gasteiger charge is -2.30. The van der Waals surface area contributed by atoms with Gasteiger partial charge in [-0.3, -0.25) is 4.79 Å². The fourth-order valence-corrected chi connectivity index (χ4v) is 3.52. The largest absolute Gasteiger partial charge is 0.465 e. The van der Waals surface area contributed by atoms with E-state index in [1.807, 2.05) is 0 Å². The van der Waals surface area contributed by atoms with E-state index < -0.39 is 5.97 Å². The lowest BCUT2D eigenvalue weighted by molar-refractivity contribution is -0.111. The predicted molar refractivity (Wildman–Crippen MR) is 123 cm³/mol. The van der Waals surface area contributed by atoms with Crippen molar-refractivity contribution in [3.8, 4) is 11.3 Å². The fraction of sp³-hybridized carbons (Fsp3) is 0.200. The molecular formula is C25H23FN2O5. The van der Waals surface area contributed by atoms with Crippen LogP contribution >= 0.6 is 0 Å². The monoisotopic (exact) mass is 450 g/mol. The van der Waals surface area contributed by atoms with Crippen LogP contribution < -0.4 is 10.2 Å². The Labute approximate surface area is 190 Å². The number of nitrogens with one attached hydrogen (secondary N) is 1. The van der Waals surface area contributed by atoms with Gasteiger partial charge in [-0.2, -0.15) is 0 Å². The number of halogens is 1. The van der Waals surface area contributed by atoms with Crippen molar-refractivity contribution < 1.29 is 27.9 Å². The molecule has 7 nitrogen and oxygen atoms in total. The smallest absolute Gasteiger partial charge is 0.340 e. The molecule has 0 unspecified atom stereocenters. The Kier molecular flexibility index (Phi) is 6.85. The highest BCUT2D eigenvalue weighted by atomic mass is 19.1. The molecule has 170 valence electrons. The average Bonchev–Trinajstić information content (AvgIpc) is 3.32. The molecular weight excluding hydrogens is 427 g/mol. The number of benzene rings is 2. The van der Waals surface area contributed by atoms with Crippen LogP contribution in [0.5, 0.6) is 0 Å². The topological polar surface area (TPSA) is 81.0 Å². The number of amides is 1. The van der Waals surface area contributed by atoms with Crippen LogP contribution in [0.15, 0.2) is 65.1 Å². The number of nitrogens with zero attached hydrogens (tertiary/aromatic N) is 1. The zero-order chi connectivity index (χ0) is 23.2. The molecule has 8 heteroatoms. The van der Waals surface area contributed by atoms with Gasteiger partial charge in [0.25, 0.3) is 0 Å². The molecule has 2 heterocycles. The van der Waals surface area contributed by atoms with Gasteiger partial charge in [-0.15, -0.1) is 0 Å². The van der Waals surface area contributed by atoms with Crippen molar-refractivity contribution in [3.63, 3.8) is 0 Å². The zero-order valence-corrected chi connectivity index (χ0v) is 18.0. The number of carbonyl (C=O) groups excluding carboxylic acids is 2. The summed E-state index contributed by atoms with van der Waals surface area (Å²) in [6.07, 6.45) is 2.87. The van der Waals surface area contributed by atoms with E-state index in [2.05, 4.69) is 10.2 Å². The third-order valence-electron chi connectivity index (χ3n) is 5.18. The highest BCUT2D eigenvalue weighted by Crippen LogP contribution is 2.26. The Morgan fingerprint density at radius 3 is 2.55 bits per heavy atom. The summed E-state index contributed by atoms with van der Waals surface area (Å²) < 4.78 is 29.1. The van der Waals surface area contributed by atoms with E-state index in [4.69, 9.17) is 13.9 Å². The average molecular weight is 450 g/mol. The zero-order valence-electron chi connectivity index (χ0n) is 18.0. The predicted octanol–water partition coefficient (Wildman–Crippen LogP) is 4.36. The van der Waals surface area contributed by atoms with E-state index in [0.717, 1.165) is 11.3 Å². The summed E-state index contributed by atoms with van der Waals surface area (Å²) >= 11 is 0. The Balaban J connectivity index is 1.45. The van der Waals surface area contributed by atoms with Gasteiger partial charge in [0.1, 0.15) is 17.3 Å². The van der Waals surface area contributed by atoms with Crippen LogP contribution in [0.25, 0.3) is 17.4 Å². The van der Waals surface area contributed by atoms with Crippen LogP contribution in [0, 0.1) is 5.82 Å². The number of rotatable bonds is 6. The van der Waals surface area contributed by atoms with Gasteiger partial charge >= 0.3 is 5.97 Å². The van der Waals surface area contributed by atoms with Crippen molar-refractivity contribution in [1.29, 1.82) is 0 Å². The second-order valence-corrected chi connectivity index (χ2v) is 7.35. The SMILES string of the molecule is COC(=O)c1cc(NC(=O)/C=C/c2ccc(-c3ccc(F)cc3)o2)ccc1N1CCOCC1. The Hall–Kier alpha value is -3.91. The quantitative estimate of drug-likeness (QED) is 0.444. The number of anilines is 2. The number of carbonyl (C=O) groups is 2. The molecule has 1 aliphatic rings. The molecule has 0 saturated carbocycles. The minimum atomic E-state index is -0.480. The summed E-state index contributed by atoms with van der Waals surface area (Å²) in [5, 5.41) is 2.75. The van der Waals surface area contributed by atoms with E-state index >= 15 is 0 Å². The fourth-order valence-electron chi connectivity index (χ4n) is 3.52. The number of ether oxygens (including phenoxy) is 2. The molecule has 0 atom stereocenters. The Bertz CT molecular complexity index is 1160. The van der Waals surface area contributed by atoms with Gasteiger partial charge < -0.3 is 24.1 Å². The van der Waals surface area contributed by atoms with Crippen molar-refractivity contribution in [1.82, 2.24) is 0 Å². The second kappa shape index (κ2) is 10.1. The van der Waals surface area contributed by atoms with Crippen LogP contribution in [0.1, 0.15) is 16.1 Å². The van der Waals surface area contributed by atoms with Crippen LogP contribution in [-0.4, -0.2) is 45.3 Å². The third-order valence-corrected chi connectivity index (χ3v) is 5.18. The molecule has 1 aromatic heterocycles.